The third kappa shape index (κ3) is 9.98. The standard InChI is InChI=1S/C27H38N2O4/c1-4-6-8-18-32-24-14-10-22(11-15-24)26(30)28-20-21(3)29-27(31)23-12-16-25(17-13-23)33-19-9-7-5-2/h10-17,21H,4-9,18-20H2,1-3H3,(H,28,30)(H,29,31). The first-order valence-electron chi connectivity index (χ1n) is 12.1. The molecule has 0 spiro atoms. The SMILES string of the molecule is CCCCCOc1ccc(C(=O)NCC(C)NC(=O)c2ccc(OCCCCC)cc2)cc1. The van der Waals surface area contributed by atoms with Gasteiger partial charge >= 0.3 is 0 Å². The van der Waals surface area contributed by atoms with Gasteiger partial charge in [-0.2, -0.15) is 0 Å². The number of hydrogen-bond donors (Lipinski definition) is 2. The van der Waals surface area contributed by atoms with Crippen LogP contribution in [0.15, 0.2) is 48.5 Å². The van der Waals surface area contributed by atoms with E-state index < -0.39 is 0 Å². The Kier molecular flexibility index (Phi) is 11.9. The first kappa shape index (κ1) is 26.2. The minimum absolute atomic E-state index is 0.182. The highest BCUT2D eigenvalue weighted by molar-refractivity contribution is 5.95. The summed E-state index contributed by atoms with van der Waals surface area (Å²) >= 11 is 0. The molecule has 6 heteroatoms. The molecule has 0 heterocycles. The predicted molar refractivity (Wildman–Crippen MR) is 132 cm³/mol. The Labute approximate surface area is 198 Å². The number of hydrogen-bond acceptors (Lipinski definition) is 4. The molecule has 2 aromatic carbocycles. The fourth-order valence-corrected chi connectivity index (χ4v) is 3.20. The summed E-state index contributed by atoms with van der Waals surface area (Å²) in [6.45, 7) is 7.87. The maximum atomic E-state index is 12.5. The van der Waals surface area contributed by atoms with E-state index in [9.17, 15) is 9.59 Å². The second-order valence-corrected chi connectivity index (χ2v) is 8.24. The largest absolute Gasteiger partial charge is 0.494 e. The van der Waals surface area contributed by atoms with E-state index in [1.807, 2.05) is 31.2 Å². The van der Waals surface area contributed by atoms with Crippen molar-refractivity contribution >= 4 is 11.8 Å². The topological polar surface area (TPSA) is 76.7 Å². The van der Waals surface area contributed by atoms with Crippen LogP contribution < -0.4 is 20.1 Å². The summed E-state index contributed by atoms with van der Waals surface area (Å²) in [5.41, 5.74) is 1.12. The number of carbonyl (C=O) groups excluding carboxylic acids is 2. The predicted octanol–water partition coefficient (Wildman–Crippen LogP) is 5.37. The molecule has 2 aromatic rings. The van der Waals surface area contributed by atoms with Crippen LogP contribution in [-0.2, 0) is 0 Å². The lowest BCUT2D eigenvalue weighted by Gasteiger charge is -2.15. The molecule has 0 aliphatic rings. The molecule has 0 saturated carbocycles. The van der Waals surface area contributed by atoms with Crippen molar-refractivity contribution in [2.45, 2.75) is 65.3 Å². The summed E-state index contributed by atoms with van der Waals surface area (Å²) in [5, 5.41) is 5.77. The van der Waals surface area contributed by atoms with Crippen molar-refractivity contribution in [2.75, 3.05) is 19.8 Å². The summed E-state index contributed by atoms with van der Waals surface area (Å²) in [6, 6.07) is 14.0. The van der Waals surface area contributed by atoms with Gasteiger partial charge in [0.2, 0.25) is 0 Å². The van der Waals surface area contributed by atoms with Crippen LogP contribution in [0.2, 0.25) is 0 Å². The number of benzene rings is 2. The zero-order valence-corrected chi connectivity index (χ0v) is 20.2. The Balaban J connectivity index is 1.72. The van der Waals surface area contributed by atoms with Gasteiger partial charge in [-0.05, 0) is 68.3 Å². The lowest BCUT2D eigenvalue weighted by Crippen LogP contribution is -2.41. The molecular weight excluding hydrogens is 416 g/mol. The molecule has 1 atom stereocenters. The molecule has 180 valence electrons. The highest BCUT2D eigenvalue weighted by atomic mass is 16.5. The smallest absolute Gasteiger partial charge is 0.251 e. The maximum Gasteiger partial charge on any atom is 0.251 e. The van der Waals surface area contributed by atoms with Gasteiger partial charge in [-0.1, -0.05) is 39.5 Å². The Bertz CT molecular complexity index is 834. The number of ether oxygens (including phenoxy) is 2. The van der Waals surface area contributed by atoms with Gasteiger partial charge in [0.15, 0.2) is 0 Å². The number of carbonyl (C=O) groups is 2. The molecule has 2 rings (SSSR count). The van der Waals surface area contributed by atoms with Crippen LogP contribution in [0.3, 0.4) is 0 Å². The molecule has 1 unspecified atom stereocenters. The minimum atomic E-state index is -0.215. The second kappa shape index (κ2) is 14.9. The average molecular weight is 455 g/mol. The van der Waals surface area contributed by atoms with Crippen molar-refractivity contribution in [3.63, 3.8) is 0 Å². The molecule has 2 amide bonds. The van der Waals surface area contributed by atoms with Crippen LogP contribution in [-0.4, -0.2) is 37.6 Å². The third-order valence-electron chi connectivity index (χ3n) is 5.21. The zero-order valence-electron chi connectivity index (χ0n) is 20.2. The summed E-state index contributed by atoms with van der Waals surface area (Å²) in [6.07, 6.45) is 6.66. The Morgan fingerprint density at radius 2 is 1.18 bits per heavy atom. The Morgan fingerprint density at radius 3 is 1.64 bits per heavy atom. The lowest BCUT2D eigenvalue weighted by atomic mass is 10.2. The van der Waals surface area contributed by atoms with Gasteiger partial charge in [-0.3, -0.25) is 9.59 Å². The molecule has 0 aliphatic carbocycles. The molecule has 0 fully saturated rings. The molecular formula is C27H38N2O4. The normalized spacial score (nSPS) is 11.5. The van der Waals surface area contributed by atoms with E-state index >= 15 is 0 Å². The average Bonchev–Trinajstić information content (AvgIpc) is 2.84. The monoisotopic (exact) mass is 454 g/mol. The fourth-order valence-electron chi connectivity index (χ4n) is 3.20. The van der Waals surface area contributed by atoms with Crippen molar-refractivity contribution < 1.29 is 19.1 Å². The summed E-state index contributed by atoms with van der Waals surface area (Å²) in [4.78, 5) is 24.9. The summed E-state index contributed by atoms with van der Waals surface area (Å²) in [7, 11) is 0. The Morgan fingerprint density at radius 1 is 0.727 bits per heavy atom. The van der Waals surface area contributed by atoms with Gasteiger partial charge in [-0.25, -0.2) is 0 Å². The third-order valence-corrected chi connectivity index (χ3v) is 5.21. The first-order chi connectivity index (χ1) is 16.0. The van der Waals surface area contributed by atoms with Crippen LogP contribution in [0.1, 0.15) is 80.0 Å². The van der Waals surface area contributed by atoms with Gasteiger partial charge < -0.3 is 20.1 Å². The van der Waals surface area contributed by atoms with Crippen LogP contribution in [0.25, 0.3) is 0 Å². The summed E-state index contributed by atoms with van der Waals surface area (Å²) in [5.74, 6) is 1.16. The highest BCUT2D eigenvalue weighted by Crippen LogP contribution is 2.14. The van der Waals surface area contributed by atoms with E-state index in [4.69, 9.17) is 9.47 Å². The van der Waals surface area contributed by atoms with E-state index in [1.54, 1.807) is 24.3 Å². The van der Waals surface area contributed by atoms with Crippen molar-refractivity contribution in [3.8, 4) is 11.5 Å². The van der Waals surface area contributed by atoms with E-state index in [0.717, 1.165) is 50.0 Å². The zero-order chi connectivity index (χ0) is 23.9. The van der Waals surface area contributed by atoms with Crippen LogP contribution >= 0.6 is 0 Å². The number of amides is 2. The second-order valence-electron chi connectivity index (χ2n) is 8.24. The van der Waals surface area contributed by atoms with Gasteiger partial charge in [0, 0.05) is 23.7 Å². The van der Waals surface area contributed by atoms with Crippen molar-refractivity contribution in [1.29, 1.82) is 0 Å². The molecule has 0 saturated heterocycles. The minimum Gasteiger partial charge on any atom is -0.494 e. The molecule has 0 aromatic heterocycles. The summed E-state index contributed by atoms with van der Waals surface area (Å²) < 4.78 is 11.4. The van der Waals surface area contributed by atoms with E-state index in [-0.39, 0.29) is 17.9 Å². The van der Waals surface area contributed by atoms with Crippen molar-refractivity contribution in [3.05, 3.63) is 59.7 Å². The van der Waals surface area contributed by atoms with E-state index in [0.29, 0.717) is 30.9 Å². The molecule has 0 radical (unpaired) electrons. The molecule has 0 bridgehead atoms. The van der Waals surface area contributed by atoms with Gasteiger partial charge in [0.1, 0.15) is 11.5 Å². The molecule has 2 N–H and O–H groups in total. The van der Waals surface area contributed by atoms with Crippen LogP contribution in [0.4, 0.5) is 0 Å². The number of nitrogens with one attached hydrogen (secondary N) is 2. The maximum absolute atomic E-state index is 12.5. The quantitative estimate of drug-likeness (QED) is 0.355. The fraction of sp³-hybridized carbons (Fsp3) is 0.481. The van der Waals surface area contributed by atoms with Gasteiger partial charge in [-0.15, -0.1) is 0 Å². The van der Waals surface area contributed by atoms with Crippen LogP contribution in [0.5, 0.6) is 11.5 Å². The molecule has 0 aliphatic heterocycles. The Hall–Kier alpha value is -3.02. The lowest BCUT2D eigenvalue weighted by molar-refractivity contribution is 0.0912. The number of unbranched alkanes of at least 4 members (excludes halogenated alkanes) is 4. The van der Waals surface area contributed by atoms with E-state index in [1.165, 1.54) is 0 Å². The first-order valence-corrected chi connectivity index (χ1v) is 12.1. The highest BCUT2D eigenvalue weighted by Gasteiger charge is 2.12. The van der Waals surface area contributed by atoms with Crippen molar-refractivity contribution in [1.82, 2.24) is 10.6 Å². The number of rotatable bonds is 15. The van der Waals surface area contributed by atoms with Gasteiger partial charge in [0.05, 0.1) is 13.2 Å². The van der Waals surface area contributed by atoms with E-state index in [2.05, 4.69) is 24.5 Å². The van der Waals surface area contributed by atoms with Crippen LogP contribution in [0, 0.1) is 0 Å². The molecule has 33 heavy (non-hydrogen) atoms. The molecule has 6 nitrogen and oxygen atoms in total. The van der Waals surface area contributed by atoms with Crippen molar-refractivity contribution in [2.24, 2.45) is 0 Å². The van der Waals surface area contributed by atoms with Gasteiger partial charge in [0.25, 0.3) is 11.8 Å².